The van der Waals surface area contributed by atoms with Crippen molar-refractivity contribution in [3.05, 3.63) is 58.1 Å². The molecule has 2 aromatic carbocycles. The van der Waals surface area contributed by atoms with Crippen molar-refractivity contribution in [1.29, 1.82) is 0 Å². The van der Waals surface area contributed by atoms with E-state index in [0.29, 0.717) is 10.8 Å². The number of nitrogens with one attached hydrogen (secondary N) is 1. The lowest BCUT2D eigenvalue weighted by molar-refractivity contribution is 0.0979. The van der Waals surface area contributed by atoms with Crippen LogP contribution in [-0.2, 0) is 10.0 Å². The van der Waals surface area contributed by atoms with Crippen LogP contribution >= 0.6 is 23.2 Å². The number of rotatable bonds is 4. The highest BCUT2D eigenvalue weighted by Gasteiger charge is 2.17. The van der Waals surface area contributed by atoms with E-state index in [-0.39, 0.29) is 16.3 Å². The predicted molar refractivity (Wildman–Crippen MR) is 85.3 cm³/mol. The van der Waals surface area contributed by atoms with Crippen LogP contribution < -0.4 is 9.46 Å². The van der Waals surface area contributed by atoms with E-state index in [0.717, 1.165) is 6.26 Å². The van der Waals surface area contributed by atoms with Crippen LogP contribution in [0.25, 0.3) is 0 Å². The molecule has 0 bridgehead atoms. The Morgan fingerprint density at radius 1 is 1.09 bits per heavy atom. The summed E-state index contributed by atoms with van der Waals surface area (Å²) < 4.78 is 29.8. The minimum atomic E-state index is -3.67. The smallest absolute Gasteiger partial charge is 0.268 e. The fourth-order valence-electron chi connectivity index (χ4n) is 1.64. The van der Waals surface area contributed by atoms with E-state index in [1.54, 1.807) is 24.3 Å². The van der Waals surface area contributed by atoms with Gasteiger partial charge in [0.25, 0.3) is 5.91 Å². The van der Waals surface area contributed by atoms with Crippen LogP contribution in [0.1, 0.15) is 10.4 Å². The predicted octanol–water partition coefficient (Wildman–Crippen LogP) is 3.48. The molecule has 8 heteroatoms. The van der Waals surface area contributed by atoms with E-state index in [9.17, 15) is 13.2 Å². The molecule has 5 nitrogen and oxygen atoms in total. The number of benzene rings is 2. The summed E-state index contributed by atoms with van der Waals surface area (Å²) in [5.74, 6) is -0.318. The highest BCUT2D eigenvalue weighted by Crippen LogP contribution is 2.33. The third kappa shape index (κ3) is 4.37. The summed E-state index contributed by atoms with van der Waals surface area (Å²) in [4.78, 5) is 12.0. The summed E-state index contributed by atoms with van der Waals surface area (Å²) in [5.41, 5.74) is 0.0685. The Kier molecular flexibility index (Phi) is 4.95. The summed E-state index contributed by atoms with van der Waals surface area (Å²) in [7, 11) is -3.67. The summed E-state index contributed by atoms with van der Waals surface area (Å²) in [6, 6.07) is 10.8. The van der Waals surface area contributed by atoms with E-state index < -0.39 is 15.9 Å². The molecule has 1 amide bonds. The fourth-order valence-corrected chi connectivity index (χ4v) is 2.54. The zero-order chi connectivity index (χ0) is 16.3. The molecule has 116 valence electrons. The number of carbonyl (C=O) groups is 1. The lowest BCUT2D eigenvalue weighted by Gasteiger charge is -2.12. The standard InChI is InChI=1S/C14H11Cl2NO4S/c1-22(19,20)17-14(18)10-4-2-3-5-12(10)21-13-7-6-9(15)8-11(13)16/h2-8H,1H3,(H,17,18). The van der Waals surface area contributed by atoms with E-state index in [4.69, 9.17) is 27.9 Å². The van der Waals surface area contributed by atoms with Crippen molar-refractivity contribution in [2.24, 2.45) is 0 Å². The number of amides is 1. The first kappa shape index (κ1) is 16.6. The maximum Gasteiger partial charge on any atom is 0.268 e. The minimum Gasteiger partial charge on any atom is -0.455 e. The van der Waals surface area contributed by atoms with Gasteiger partial charge >= 0.3 is 0 Å². The average Bonchev–Trinajstić information content (AvgIpc) is 2.40. The molecule has 2 rings (SSSR count). The molecule has 0 spiro atoms. The molecule has 22 heavy (non-hydrogen) atoms. The Balaban J connectivity index is 2.34. The topological polar surface area (TPSA) is 72.5 Å². The summed E-state index contributed by atoms with van der Waals surface area (Å²) in [6.07, 6.45) is 0.893. The van der Waals surface area contributed by atoms with Gasteiger partial charge in [-0.1, -0.05) is 35.3 Å². The number of hydrogen-bond acceptors (Lipinski definition) is 4. The molecule has 2 aromatic rings. The van der Waals surface area contributed by atoms with E-state index in [1.165, 1.54) is 18.2 Å². The van der Waals surface area contributed by atoms with Gasteiger partial charge in [-0.15, -0.1) is 0 Å². The molecule has 1 N–H and O–H groups in total. The van der Waals surface area contributed by atoms with Crippen LogP contribution in [0.15, 0.2) is 42.5 Å². The zero-order valence-electron chi connectivity index (χ0n) is 11.3. The average molecular weight is 360 g/mol. The van der Waals surface area contributed by atoms with E-state index in [1.807, 2.05) is 4.72 Å². The van der Waals surface area contributed by atoms with Crippen LogP contribution in [0, 0.1) is 0 Å². The molecule has 0 heterocycles. The third-order valence-electron chi connectivity index (χ3n) is 2.52. The second-order valence-electron chi connectivity index (χ2n) is 4.38. The zero-order valence-corrected chi connectivity index (χ0v) is 13.7. The van der Waals surface area contributed by atoms with Crippen molar-refractivity contribution in [2.45, 2.75) is 0 Å². The molecule has 0 saturated heterocycles. The SMILES string of the molecule is CS(=O)(=O)NC(=O)c1ccccc1Oc1ccc(Cl)cc1Cl. The first-order valence-electron chi connectivity index (χ1n) is 6.00. The highest BCUT2D eigenvalue weighted by atomic mass is 35.5. The second-order valence-corrected chi connectivity index (χ2v) is 6.97. The third-order valence-corrected chi connectivity index (χ3v) is 3.61. The Labute approximate surface area is 137 Å². The Morgan fingerprint density at radius 2 is 1.77 bits per heavy atom. The number of sulfonamides is 1. The van der Waals surface area contributed by atoms with Crippen LogP contribution in [0.2, 0.25) is 10.0 Å². The van der Waals surface area contributed by atoms with Crippen molar-refractivity contribution in [3.8, 4) is 11.5 Å². The number of halogens is 2. The van der Waals surface area contributed by atoms with E-state index >= 15 is 0 Å². The molecule has 0 aliphatic carbocycles. The molecule has 0 aliphatic heterocycles. The Hall–Kier alpha value is -1.76. The van der Waals surface area contributed by atoms with Gasteiger partial charge in [0.05, 0.1) is 16.8 Å². The first-order valence-corrected chi connectivity index (χ1v) is 8.65. The molecule has 0 aromatic heterocycles. The van der Waals surface area contributed by atoms with Gasteiger partial charge in [-0.3, -0.25) is 4.79 Å². The van der Waals surface area contributed by atoms with Gasteiger partial charge in [-0.2, -0.15) is 0 Å². The van der Waals surface area contributed by atoms with Gasteiger partial charge in [0.15, 0.2) is 0 Å². The highest BCUT2D eigenvalue weighted by molar-refractivity contribution is 7.89. The van der Waals surface area contributed by atoms with Gasteiger partial charge in [0.2, 0.25) is 10.0 Å². The molecule has 0 unspecified atom stereocenters. The van der Waals surface area contributed by atoms with Crippen molar-refractivity contribution in [3.63, 3.8) is 0 Å². The van der Waals surface area contributed by atoms with E-state index in [2.05, 4.69) is 0 Å². The van der Waals surface area contributed by atoms with Gasteiger partial charge in [0, 0.05) is 5.02 Å². The Morgan fingerprint density at radius 3 is 2.41 bits per heavy atom. The molecular weight excluding hydrogens is 349 g/mol. The Bertz CT molecular complexity index is 821. The molecule has 0 aliphatic rings. The summed E-state index contributed by atoms with van der Waals surface area (Å²) in [6.45, 7) is 0. The first-order chi connectivity index (χ1) is 10.3. The van der Waals surface area contributed by atoms with Gasteiger partial charge in [0.1, 0.15) is 11.5 Å². The lowest BCUT2D eigenvalue weighted by atomic mass is 10.2. The quantitative estimate of drug-likeness (QED) is 0.906. The number of ether oxygens (including phenoxy) is 1. The van der Waals surface area contributed by atoms with Crippen molar-refractivity contribution < 1.29 is 17.9 Å². The van der Waals surface area contributed by atoms with Crippen molar-refractivity contribution >= 4 is 39.1 Å². The molecule has 0 fully saturated rings. The summed E-state index contributed by atoms with van der Waals surface area (Å²) >= 11 is 11.8. The van der Waals surface area contributed by atoms with Crippen molar-refractivity contribution in [2.75, 3.05) is 6.26 Å². The number of hydrogen-bond donors (Lipinski definition) is 1. The monoisotopic (exact) mass is 359 g/mol. The van der Waals surface area contributed by atoms with Crippen molar-refractivity contribution in [1.82, 2.24) is 4.72 Å². The van der Waals surface area contributed by atoms with Crippen LogP contribution in [-0.4, -0.2) is 20.6 Å². The molecule has 0 radical (unpaired) electrons. The number of para-hydroxylation sites is 1. The van der Waals surface area contributed by atoms with Gasteiger partial charge in [-0.05, 0) is 30.3 Å². The summed E-state index contributed by atoms with van der Waals surface area (Å²) in [5, 5.41) is 0.714. The molecule has 0 atom stereocenters. The maximum absolute atomic E-state index is 12.0. The lowest BCUT2D eigenvalue weighted by Crippen LogP contribution is -2.29. The van der Waals surface area contributed by atoms with Crippen LogP contribution in [0.4, 0.5) is 0 Å². The largest absolute Gasteiger partial charge is 0.455 e. The molecule has 0 saturated carbocycles. The fraction of sp³-hybridized carbons (Fsp3) is 0.0714. The normalized spacial score (nSPS) is 11.0. The van der Waals surface area contributed by atoms with Gasteiger partial charge < -0.3 is 4.74 Å². The maximum atomic E-state index is 12.0. The minimum absolute atomic E-state index is 0.0685. The van der Waals surface area contributed by atoms with Crippen LogP contribution in [0.5, 0.6) is 11.5 Å². The van der Waals surface area contributed by atoms with Gasteiger partial charge in [-0.25, -0.2) is 13.1 Å². The second kappa shape index (κ2) is 6.56. The number of carbonyl (C=O) groups excluding carboxylic acids is 1. The molecular formula is C14H11Cl2NO4S. The van der Waals surface area contributed by atoms with Crippen LogP contribution in [0.3, 0.4) is 0 Å².